The second kappa shape index (κ2) is 10.8. The van der Waals surface area contributed by atoms with E-state index in [1.54, 1.807) is 13.4 Å². The molecule has 8 heteroatoms. The number of anilines is 1. The molecule has 1 aliphatic carbocycles. The van der Waals surface area contributed by atoms with Crippen LogP contribution in [0.25, 0.3) is 22.8 Å². The van der Waals surface area contributed by atoms with E-state index in [-0.39, 0.29) is 6.61 Å². The summed E-state index contributed by atoms with van der Waals surface area (Å²) in [5.41, 5.74) is 2.49. The van der Waals surface area contributed by atoms with Crippen molar-refractivity contribution in [2.24, 2.45) is 7.05 Å². The maximum atomic E-state index is 9.96. The molecule has 2 aromatic heterocycles. The second-order valence-electron chi connectivity index (χ2n) is 8.81. The Morgan fingerprint density at radius 1 is 1.18 bits per heavy atom. The number of aryl methyl sites for hydroxylation is 1. The van der Waals surface area contributed by atoms with Gasteiger partial charge in [0, 0.05) is 44.5 Å². The fourth-order valence-corrected chi connectivity index (χ4v) is 4.29. The Kier molecular flexibility index (Phi) is 7.57. The Labute approximate surface area is 195 Å². The van der Waals surface area contributed by atoms with Gasteiger partial charge in [-0.15, -0.1) is 0 Å². The van der Waals surface area contributed by atoms with Gasteiger partial charge < -0.3 is 24.6 Å². The Morgan fingerprint density at radius 2 is 2.00 bits per heavy atom. The predicted molar refractivity (Wildman–Crippen MR) is 130 cm³/mol. The molecule has 0 aliphatic heterocycles. The lowest BCUT2D eigenvalue weighted by Crippen LogP contribution is -2.34. The number of benzene rings is 1. The van der Waals surface area contributed by atoms with Crippen LogP contribution in [-0.2, 0) is 7.05 Å². The number of aromatic nitrogens is 4. The third-order valence-corrected chi connectivity index (χ3v) is 6.14. The Morgan fingerprint density at radius 3 is 2.73 bits per heavy atom. The highest BCUT2D eigenvalue weighted by molar-refractivity contribution is 5.66. The minimum Gasteiger partial charge on any atom is -0.491 e. The lowest BCUT2D eigenvalue weighted by molar-refractivity contribution is 0.108. The summed E-state index contributed by atoms with van der Waals surface area (Å²) in [6, 6.07) is 10.2. The number of nitrogens with one attached hydrogen (secondary N) is 1. The third kappa shape index (κ3) is 5.89. The lowest BCUT2D eigenvalue weighted by atomic mass is 9.94. The normalized spacial score (nSPS) is 15.4. The van der Waals surface area contributed by atoms with E-state index in [9.17, 15) is 5.11 Å². The van der Waals surface area contributed by atoms with E-state index in [4.69, 9.17) is 14.7 Å². The summed E-state index contributed by atoms with van der Waals surface area (Å²) < 4.78 is 7.73. The molecule has 1 saturated carbocycles. The molecule has 1 aliphatic rings. The molecule has 1 unspecified atom stereocenters. The standard InChI is InChI=1S/C25H34N6O2/c1-26-14-20(32)16-33-21-11-7-8-18(12-21)25-28-22(23-15-30(2)17-27-23)13-24(29-25)31(3)19-9-5-4-6-10-19/h7-8,11-13,15,17,19-20,26,32H,4-6,9-10,14,16H2,1-3H3. The van der Waals surface area contributed by atoms with E-state index in [0.717, 1.165) is 22.8 Å². The van der Waals surface area contributed by atoms with Crippen LogP contribution in [0.3, 0.4) is 0 Å². The first-order valence-corrected chi connectivity index (χ1v) is 11.7. The first kappa shape index (κ1) is 23.2. The molecule has 2 N–H and O–H groups in total. The molecule has 0 bridgehead atoms. The minimum atomic E-state index is -0.571. The molecule has 4 rings (SSSR count). The molecule has 3 aromatic rings. The summed E-state index contributed by atoms with van der Waals surface area (Å²) in [6.07, 6.45) is 9.40. The van der Waals surface area contributed by atoms with Gasteiger partial charge in [0.2, 0.25) is 0 Å². The van der Waals surface area contributed by atoms with Gasteiger partial charge in [0.05, 0.1) is 12.0 Å². The lowest BCUT2D eigenvalue weighted by Gasteiger charge is -2.32. The van der Waals surface area contributed by atoms with Gasteiger partial charge in [0.15, 0.2) is 5.82 Å². The number of aliphatic hydroxyl groups excluding tert-OH is 1. The number of rotatable bonds is 9. The van der Waals surface area contributed by atoms with Crippen molar-refractivity contribution in [3.05, 3.63) is 42.9 Å². The van der Waals surface area contributed by atoms with E-state index < -0.39 is 6.10 Å². The number of ether oxygens (including phenoxy) is 1. The molecule has 1 aromatic carbocycles. The zero-order chi connectivity index (χ0) is 23.2. The van der Waals surface area contributed by atoms with Crippen molar-refractivity contribution < 1.29 is 9.84 Å². The summed E-state index contributed by atoms with van der Waals surface area (Å²) in [6.45, 7) is 0.695. The van der Waals surface area contributed by atoms with Crippen LogP contribution >= 0.6 is 0 Å². The topological polar surface area (TPSA) is 88.3 Å². The maximum absolute atomic E-state index is 9.96. The van der Waals surface area contributed by atoms with Gasteiger partial charge in [-0.25, -0.2) is 15.0 Å². The highest BCUT2D eigenvalue weighted by Crippen LogP contribution is 2.30. The van der Waals surface area contributed by atoms with Gasteiger partial charge in [-0.1, -0.05) is 31.4 Å². The molecule has 2 heterocycles. The number of aliphatic hydroxyl groups is 1. The van der Waals surface area contributed by atoms with Crippen molar-refractivity contribution in [2.75, 3.05) is 32.1 Å². The van der Waals surface area contributed by atoms with Crippen molar-refractivity contribution in [1.29, 1.82) is 0 Å². The largest absolute Gasteiger partial charge is 0.491 e. The maximum Gasteiger partial charge on any atom is 0.162 e. The van der Waals surface area contributed by atoms with Crippen LogP contribution in [0.1, 0.15) is 32.1 Å². The van der Waals surface area contributed by atoms with Gasteiger partial charge in [0.1, 0.15) is 30.0 Å². The highest BCUT2D eigenvalue weighted by Gasteiger charge is 2.21. The van der Waals surface area contributed by atoms with Crippen LogP contribution in [0.2, 0.25) is 0 Å². The molecule has 1 fully saturated rings. The van der Waals surface area contributed by atoms with Crippen LogP contribution in [0, 0.1) is 0 Å². The van der Waals surface area contributed by atoms with Crippen molar-refractivity contribution in [1.82, 2.24) is 24.8 Å². The Bertz CT molecular complexity index is 1050. The molecule has 0 amide bonds. The van der Waals surface area contributed by atoms with Crippen LogP contribution in [0.4, 0.5) is 5.82 Å². The fourth-order valence-electron chi connectivity index (χ4n) is 4.29. The average molecular weight is 451 g/mol. The molecule has 33 heavy (non-hydrogen) atoms. The molecule has 0 radical (unpaired) electrons. The van der Waals surface area contributed by atoms with Crippen LogP contribution < -0.4 is 15.0 Å². The van der Waals surface area contributed by atoms with Gasteiger partial charge in [-0.05, 0) is 32.0 Å². The second-order valence-corrected chi connectivity index (χ2v) is 8.81. The van der Waals surface area contributed by atoms with Gasteiger partial charge in [-0.2, -0.15) is 0 Å². The molecule has 0 spiro atoms. The van der Waals surface area contributed by atoms with E-state index in [0.29, 0.717) is 24.2 Å². The summed E-state index contributed by atoms with van der Waals surface area (Å²) in [4.78, 5) is 16.6. The zero-order valence-electron chi connectivity index (χ0n) is 19.7. The summed E-state index contributed by atoms with van der Waals surface area (Å²) >= 11 is 0. The summed E-state index contributed by atoms with van der Waals surface area (Å²) in [7, 11) is 5.89. The van der Waals surface area contributed by atoms with Crippen LogP contribution in [0.5, 0.6) is 5.75 Å². The number of likely N-dealkylation sites (N-methyl/N-ethyl adjacent to an activating group) is 1. The monoisotopic (exact) mass is 450 g/mol. The Hall–Kier alpha value is -2.97. The van der Waals surface area contributed by atoms with E-state index in [1.165, 1.54) is 32.1 Å². The van der Waals surface area contributed by atoms with Crippen LogP contribution in [-0.4, -0.2) is 64.0 Å². The first-order valence-electron chi connectivity index (χ1n) is 11.7. The quantitative estimate of drug-likeness (QED) is 0.517. The average Bonchev–Trinajstić information content (AvgIpc) is 3.29. The summed E-state index contributed by atoms with van der Waals surface area (Å²) in [5.74, 6) is 2.22. The van der Waals surface area contributed by atoms with Crippen LogP contribution in [0.15, 0.2) is 42.9 Å². The van der Waals surface area contributed by atoms with E-state index in [2.05, 4.69) is 22.2 Å². The molecular formula is C25H34N6O2. The molecular weight excluding hydrogens is 416 g/mol. The third-order valence-electron chi connectivity index (χ3n) is 6.14. The molecule has 176 valence electrons. The van der Waals surface area contributed by atoms with E-state index >= 15 is 0 Å². The van der Waals surface area contributed by atoms with Crippen molar-refractivity contribution in [3.8, 4) is 28.5 Å². The number of hydrogen-bond acceptors (Lipinski definition) is 7. The smallest absolute Gasteiger partial charge is 0.162 e. The van der Waals surface area contributed by atoms with Gasteiger partial charge in [-0.3, -0.25) is 0 Å². The van der Waals surface area contributed by atoms with Crippen molar-refractivity contribution in [3.63, 3.8) is 0 Å². The number of imidazole rings is 1. The fraction of sp³-hybridized carbons (Fsp3) is 0.480. The minimum absolute atomic E-state index is 0.217. The number of nitrogens with zero attached hydrogens (tertiary/aromatic N) is 5. The molecule has 8 nitrogen and oxygen atoms in total. The van der Waals surface area contributed by atoms with E-state index in [1.807, 2.05) is 48.1 Å². The Balaban J connectivity index is 1.66. The van der Waals surface area contributed by atoms with Gasteiger partial charge in [0.25, 0.3) is 0 Å². The van der Waals surface area contributed by atoms with Crippen molar-refractivity contribution in [2.45, 2.75) is 44.2 Å². The van der Waals surface area contributed by atoms with Gasteiger partial charge >= 0.3 is 0 Å². The van der Waals surface area contributed by atoms with Crippen molar-refractivity contribution >= 4 is 5.82 Å². The molecule has 1 atom stereocenters. The first-order chi connectivity index (χ1) is 16.0. The predicted octanol–water partition coefficient (Wildman–Crippen LogP) is 3.27. The number of hydrogen-bond donors (Lipinski definition) is 2. The zero-order valence-corrected chi connectivity index (χ0v) is 19.7. The molecule has 0 saturated heterocycles. The highest BCUT2D eigenvalue weighted by atomic mass is 16.5. The summed E-state index contributed by atoms with van der Waals surface area (Å²) in [5, 5.41) is 12.9. The SMILES string of the molecule is CNCC(O)COc1cccc(-c2nc(-c3cn(C)cn3)cc(N(C)C3CCCCC3)n2)c1.